The van der Waals surface area contributed by atoms with Crippen LogP contribution in [0.3, 0.4) is 0 Å². The predicted molar refractivity (Wildman–Crippen MR) is 80.1 cm³/mol. The minimum Gasteiger partial charge on any atom is -0.508 e. The highest BCUT2D eigenvalue weighted by Crippen LogP contribution is 2.34. The van der Waals surface area contributed by atoms with Gasteiger partial charge in [-0.05, 0) is 31.5 Å². The number of carbonyl (C=O) groups excluding carboxylic acids is 3. The molecule has 8 heteroatoms. The van der Waals surface area contributed by atoms with Crippen LogP contribution in [-0.2, 0) is 9.53 Å². The van der Waals surface area contributed by atoms with Crippen LogP contribution >= 0.6 is 0 Å². The van der Waals surface area contributed by atoms with Gasteiger partial charge in [0.2, 0.25) is 0 Å². The summed E-state index contributed by atoms with van der Waals surface area (Å²) in [5.74, 6) is -0.646. The fourth-order valence-electron chi connectivity index (χ4n) is 2.41. The zero-order valence-corrected chi connectivity index (χ0v) is 12.7. The van der Waals surface area contributed by atoms with Gasteiger partial charge in [0.1, 0.15) is 11.8 Å². The topological polar surface area (TPSA) is 122 Å². The van der Waals surface area contributed by atoms with E-state index in [1.807, 2.05) is 0 Å². The van der Waals surface area contributed by atoms with Crippen molar-refractivity contribution in [1.82, 2.24) is 10.2 Å². The average molecular weight is 319 g/mol. The molecule has 0 saturated carbocycles. The highest BCUT2D eigenvalue weighted by Gasteiger charge is 2.41. The number of aromatic hydroxyl groups is 1. The van der Waals surface area contributed by atoms with Crippen molar-refractivity contribution >= 4 is 18.0 Å². The zero-order valence-electron chi connectivity index (χ0n) is 12.7. The Balaban J connectivity index is 2.61. The number of benzene rings is 1. The molecule has 0 spiro atoms. The van der Waals surface area contributed by atoms with Crippen LogP contribution in [0.25, 0.3) is 0 Å². The second-order valence-electron chi connectivity index (χ2n) is 4.89. The molecular formula is C15H17N3O5. The molecule has 0 saturated heterocycles. The fourth-order valence-corrected chi connectivity index (χ4v) is 2.41. The van der Waals surface area contributed by atoms with Gasteiger partial charge in [-0.15, -0.1) is 0 Å². The van der Waals surface area contributed by atoms with Crippen molar-refractivity contribution in [2.24, 2.45) is 5.73 Å². The van der Waals surface area contributed by atoms with Gasteiger partial charge < -0.3 is 20.9 Å². The van der Waals surface area contributed by atoms with Gasteiger partial charge in [-0.3, -0.25) is 0 Å². The first-order chi connectivity index (χ1) is 10.9. The van der Waals surface area contributed by atoms with E-state index in [2.05, 4.69) is 5.32 Å². The number of amides is 4. The Kier molecular flexibility index (Phi) is 4.54. The number of phenolic OH excluding ortho intramolecular Hbond substituents is 1. The summed E-state index contributed by atoms with van der Waals surface area (Å²) >= 11 is 0. The Hall–Kier alpha value is -3.03. The molecule has 1 aromatic carbocycles. The molecule has 0 radical (unpaired) electrons. The van der Waals surface area contributed by atoms with Crippen LogP contribution in [0.1, 0.15) is 25.5 Å². The van der Waals surface area contributed by atoms with Crippen LogP contribution in [0.2, 0.25) is 0 Å². The number of phenols is 1. The maximum Gasteiger partial charge on any atom is 0.338 e. The smallest absolute Gasteiger partial charge is 0.338 e. The third kappa shape index (κ3) is 3.10. The van der Waals surface area contributed by atoms with Crippen molar-refractivity contribution < 1.29 is 24.2 Å². The van der Waals surface area contributed by atoms with Gasteiger partial charge in [-0.1, -0.05) is 12.1 Å². The number of urea groups is 2. The molecule has 1 aliphatic heterocycles. The van der Waals surface area contributed by atoms with Crippen molar-refractivity contribution in [3.05, 3.63) is 41.1 Å². The van der Waals surface area contributed by atoms with Crippen molar-refractivity contribution in [3.63, 3.8) is 0 Å². The Morgan fingerprint density at radius 2 is 1.96 bits per heavy atom. The third-order valence-corrected chi connectivity index (χ3v) is 3.39. The zero-order chi connectivity index (χ0) is 17.1. The lowest BCUT2D eigenvalue weighted by atomic mass is 9.94. The van der Waals surface area contributed by atoms with Crippen molar-refractivity contribution in [2.75, 3.05) is 6.61 Å². The first kappa shape index (κ1) is 16.3. The molecule has 23 heavy (non-hydrogen) atoms. The van der Waals surface area contributed by atoms with E-state index in [4.69, 9.17) is 10.5 Å². The number of esters is 1. The first-order valence-corrected chi connectivity index (χ1v) is 6.93. The lowest BCUT2D eigenvalue weighted by molar-refractivity contribution is -0.139. The number of nitrogens with two attached hydrogens (primary N) is 1. The summed E-state index contributed by atoms with van der Waals surface area (Å²) in [4.78, 5) is 36.8. The van der Waals surface area contributed by atoms with Crippen molar-refractivity contribution in [2.45, 2.75) is 19.9 Å². The summed E-state index contributed by atoms with van der Waals surface area (Å²) in [7, 11) is 0. The second kappa shape index (κ2) is 6.39. The Morgan fingerprint density at radius 1 is 1.35 bits per heavy atom. The number of ether oxygens (including phenoxy) is 1. The van der Waals surface area contributed by atoms with Crippen molar-refractivity contribution in [3.8, 4) is 5.75 Å². The monoisotopic (exact) mass is 319 g/mol. The molecule has 0 bridgehead atoms. The van der Waals surface area contributed by atoms with Crippen molar-refractivity contribution in [1.29, 1.82) is 0 Å². The van der Waals surface area contributed by atoms with Crippen LogP contribution in [0.5, 0.6) is 5.75 Å². The Bertz CT molecular complexity index is 681. The largest absolute Gasteiger partial charge is 0.508 e. The minimum absolute atomic E-state index is 0.0121. The van der Waals surface area contributed by atoms with E-state index in [0.717, 1.165) is 4.90 Å². The Morgan fingerprint density at radius 3 is 2.48 bits per heavy atom. The number of primary amides is 1. The molecule has 1 unspecified atom stereocenters. The fraction of sp³-hybridized carbons (Fsp3) is 0.267. The molecule has 0 aromatic heterocycles. The van der Waals surface area contributed by atoms with E-state index in [1.165, 1.54) is 31.2 Å². The molecule has 0 aliphatic carbocycles. The number of allylic oxidation sites excluding steroid dienone is 1. The van der Waals surface area contributed by atoms with E-state index in [1.54, 1.807) is 6.92 Å². The van der Waals surface area contributed by atoms with E-state index in [0.29, 0.717) is 5.56 Å². The molecule has 1 heterocycles. The van der Waals surface area contributed by atoms with Gasteiger partial charge in [-0.25, -0.2) is 19.3 Å². The van der Waals surface area contributed by atoms with Crippen LogP contribution in [0.4, 0.5) is 9.59 Å². The SMILES string of the molecule is CCOC(=O)C1=C(C)NC(=O)N(C(N)=O)C1c1ccc(O)cc1. The molecule has 1 atom stereocenters. The first-order valence-electron chi connectivity index (χ1n) is 6.93. The number of rotatable bonds is 3. The summed E-state index contributed by atoms with van der Waals surface area (Å²) in [5, 5.41) is 11.8. The van der Waals surface area contributed by atoms with Gasteiger partial charge in [-0.2, -0.15) is 0 Å². The summed E-state index contributed by atoms with van der Waals surface area (Å²) in [6.45, 7) is 3.33. The maximum absolute atomic E-state index is 12.3. The van der Waals surface area contributed by atoms with Gasteiger partial charge in [0.05, 0.1) is 12.2 Å². The van der Waals surface area contributed by atoms with Gasteiger partial charge in [0.25, 0.3) is 0 Å². The van der Waals surface area contributed by atoms with Crippen LogP contribution in [0, 0.1) is 0 Å². The minimum atomic E-state index is -1.03. The lowest BCUT2D eigenvalue weighted by Gasteiger charge is -2.35. The molecule has 1 aromatic rings. The number of nitrogens with zero attached hydrogens (tertiary/aromatic N) is 1. The number of imide groups is 1. The van der Waals surface area contributed by atoms with Gasteiger partial charge >= 0.3 is 18.0 Å². The second-order valence-corrected chi connectivity index (χ2v) is 4.89. The summed E-state index contributed by atoms with van der Waals surface area (Å²) in [6.07, 6.45) is 0. The molecule has 8 nitrogen and oxygen atoms in total. The van der Waals surface area contributed by atoms with E-state index in [9.17, 15) is 19.5 Å². The molecule has 4 amide bonds. The van der Waals surface area contributed by atoms with E-state index < -0.39 is 24.1 Å². The molecular weight excluding hydrogens is 302 g/mol. The predicted octanol–water partition coefficient (Wildman–Crippen LogP) is 1.37. The van der Waals surface area contributed by atoms with E-state index >= 15 is 0 Å². The third-order valence-electron chi connectivity index (χ3n) is 3.39. The van der Waals surface area contributed by atoms with Gasteiger partial charge in [0, 0.05) is 5.70 Å². The molecule has 1 aliphatic rings. The number of carbonyl (C=O) groups is 3. The van der Waals surface area contributed by atoms with E-state index in [-0.39, 0.29) is 23.6 Å². The average Bonchev–Trinajstić information content (AvgIpc) is 2.46. The van der Waals surface area contributed by atoms with Crippen LogP contribution in [-0.4, -0.2) is 34.6 Å². The lowest BCUT2D eigenvalue weighted by Crippen LogP contribution is -2.53. The quantitative estimate of drug-likeness (QED) is 0.726. The molecule has 2 rings (SSSR count). The highest BCUT2D eigenvalue weighted by atomic mass is 16.5. The summed E-state index contributed by atoms with van der Waals surface area (Å²) in [5.41, 5.74) is 6.13. The standard InChI is InChI=1S/C15H17N3O5/c1-3-23-13(20)11-8(2)17-15(22)18(14(16)21)12(11)9-4-6-10(19)7-5-9/h4-7,12,19H,3H2,1-2H3,(H2,16,21)(H,17,22). The summed E-state index contributed by atoms with van der Waals surface area (Å²) < 4.78 is 5.01. The summed E-state index contributed by atoms with van der Waals surface area (Å²) in [6, 6.07) is 3.01. The maximum atomic E-state index is 12.3. The Labute approximate surface area is 132 Å². The van der Waals surface area contributed by atoms with Crippen LogP contribution < -0.4 is 11.1 Å². The number of hydrogen-bond acceptors (Lipinski definition) is 5. The van der Waals surface area contributed by atoms with Gasteiger partial charge in [0.15, 0.2) is 0 Å². The molecule has 4 N–H and O–H groups in total. The highest BCUT2D eigenvalue weighted by molar-refractivity contribution is 6.01. The normalized spacial score (nSPS) is 17.7. The van der Waals surface area contributed by atoms with Crippen LogP contribution in [0.15, 0.2) is 35.5 Å². The number of hydrogen-bond donors (Lipinski definition) is 3. The molecule has 122 valence electrons. The number of nitrogens with one attached hydrogen (secondary N) is 1. The molecule has 0 fully saturated rings.